The minimum atomic E-state index is 0.884. The Morgan fingerprint density at radius 2 is 1.94 bits per heavy atom. The van der Waals surface area contributed by atoms with Gasteiger partial charge in [-0.25, -0.2) is 4.98 Å². The third-order valence-electron chi connectivity index (χ3n) is 2.60. The van der Waals surface area contributed by atoms with Gasteiger partial charge in [-0.15, -0.1) is 0 Å². The van der Waals surface area contributed by atoms with Crippen LogP contribution in [0.1, 0.15) is 5.56 Å². The van der Waals surface area contributed by atoms with Gasteiger partial charge in [0.25, 0.3) is 0 Å². The molecule has 0 saturated carbocycles. The first-order chi connectivity index (χ1) is 8.38. The Kier molecular flexibility index (Phi) is 3.97. The summed E-state index contributed by atoms with van der Waals surface area (Å²) in [6, 6.07) is 14.5. The second-order valence-electron chi connectivity index (χ2n) is 3.84. The monoisotopic (exact) mass is 227 g/mol. The number of nitrogens with zero attached hydrogens (tertiary/aromatic N) is 1. The van der Waals surface area contributed by atoms with Gasteiger partial charge in [-0.2, -0.15) is 0 Å². The molecule has 0 aliphatic heterocycles. The van der Waals surface area contributed by atoms with E-state index in [9.17, 15) is 0 Å². The predicted octanol–water partition coefficient (Wildman–Crippen LogP) is 2.78. The zero-order valence-corrected chi connectivity index (χ0v) is 9.98. The second kappa shape index (κ2) is 5.89. The number of hydrogen-bond acceptors (Lipinski definition) is 3. The summed E-state index contributed by atoms with van der Waals surface area (Å²) in [4.78, 5) is 4.17. The van der Waals surface area contributed by atoms with E-state index in [0.717, 1.165) is 24.5 Å². The molecule has 3 nitrogen and oxygen atoms in total. The largest absolute Gasteiger partial charge is 0.385 e. The number of hydrogen-bond donors (Lipinski definition) is 2. The normalized spacial score (nSPS) is 9.94. The summed E-state index contributed by atoms with van der Waals surface area (Å²) in [7, 11) is 1.87. The highest BCUT2D eigenvalue weighted by Gasteiger charge is 1.95. The van der Waals surface area contributed by atoms with E-state index < -0.39 is 0 Å². The summed E-state index contributed by atoms with van der Waals surface area (Å²) in [5.74, 6) is 0.884. The van der Waals surface area contributed by atoms with Crippen LogP contribution in [-0.4, -0.2) is 18.6 Å². The molecule has 0 saturated heterocycles. The number of aromatic nitrogens is 1. The molecule has 2 aromatic rings. The van der Waals surface area contributed by atoms with Gasteiger partial charge in [-0.1, -0.05) is 30.3 Å². The van der Waals surface area contributed by atoms with Gasteiger partial charge >= 0.3 is 0 Å². The average molecular weight is 227 g/mol. The van der Waals surface area contributed by atoms with E-state index in [-0.39, 0.29) is 0 Å². The van der Waals surface area contributed by atoms with E-state index in [1.54, 1.807) is 6.20 Å². The summed E-state index contributed by atoms with van der Waals surface area (Å²) < 4.78 is 0. The number of benzene rings is 1. The molecule has 0 amide bonds. The van der Waals surface area contributed by atoms with Gasteiger partial charge in [0.2, 0.25) is 0 Å². The van der Waals surface area contributed by atoms with E-state index in [0.29, 0.717) is 0 Å². The zero-order chi connectivity index (χ0) is 11.9. The van der Waals surface area contributed by atoms with Crippen molar-refractivity contribution >= 4 is 11.5 Å². The topological polar surface area (TPSA) is 37.0 Å². The summed E-state index contributed by atoms with van der Waals surface area (Å²) in [6.45, 7) is 0.928. The van der Waals surface area contributed by atoms with Crippen molar-refractivity contribution in [2.45, 2.75) is 6.42 Å². The fraction of sp³-hybridized carbons (Fsp3) is 0.214. The highest BCUT2D eigenvalue weighted by atomic mass is 15.0. The van der Waals surface area contributed by atoms with Crippen LogP contribution in [0.2, 0.25) is 0 Å². The third-order valence-corrected chi connectivity index (χ3v) is 2.60. The Morgan fingerprint density at radius 1 is 1.12 bits per heavy atom. The minimum Gasteiger partial charge on any atom is -0.385 e. The van der Waals surface area contributed by atoms with Crippen LogP contribution < -0.4 is 10.6 Å². The average Bonchev–Trinajstić information content (AvgIpc) is 2.40. The van der Waals surface area contributed by atoms with E-state index in [1.165, 1.54) is 5.56 Å². The molecule has 2 rings (SSSR count). The van der Waals surface area contributed by atoms with Crippen LogP contribution in [0.5, 0.6) is 0 Å². The molecule has 0 radical (unpaired) electrons. The standard InChI is InChI=1S/C14H17N3/c1-15-14-11-13(8-10-17-14)16-9-7-12-5-3-2-4-6-12/h2-6,8,10-11H,7,9H2,1H3,(H2,15,16,17). The van der Waals surface area contributed by atoms with Gasteiger partial charge in [0, 0.05) is 31.5 Å². The number of rotatable bonds is 5. The number of nitrogens with one attached hydrogen (secondary N) is 2. The van der Waals surface area contributed by atoms with Crippen molar-refractivity contribution in [3.63, 3.8) is 0 Å². The van der Waals surface area contributed by atoms with Gasteiger partial charge in [0.05, 0.1) is 0 Å². The zero-order valence-electron chi connectivity index (χ0n) is 9.98. The molecule has 17 heavy (non-hydrogen) atoms. The van der Waals surface area contributed by atoms with Crippen LogP contribution in [-0.2, 0) is 6.42 Å². The van der Waals surface area contributed by atoms with Crippen molar-refractivity contribution in [3.05, 3.63) is 54.2 Å². The smallest absolute Gasteiger partial charge is 0.127 e. The van der Waals surface area contributed by atoms with E-state index >= 15 is 0 Å². The van der Waals surface area contributed by atoms with Crippen LogP contribution in [0, 0.1) is 0 Å². The number of anilines is 2. The lowest BCUT2D eigenvalue weighted by Gasteiger charge is -2.07. The lowest BCUT2D eigenvalue weighted by atomic mass is 10.1. The van der Waals surface area contributed by atoms with Gasteiger partial charge in [0.1, 0.15) is 5.82 Å². The molecule has 1 aromatic heterocycles. The SMILES string of the molecule is CNc1cc(NCCc2ccccc2)ccn1. The molecule has 0 aliphatic carbocycles. The van der Waals surface area contributed by atoms with Gasteiger partial charge in [-0.3, -0.25) is 0 Å². The molecule has 3 heteroatoms. The first kappa shape index (κ1) is 11.5. The van der Waals surface area contributed by atoms with Crippen molar-refractivity contribution in [2.75, 3.05) is 24.2 Å². The third kappa shape index (κ3) is 3.48. The fourth-order valence-corrected chi connectivity index (χ4v) is 1.67. The van der Waals surface area contributed by atoms with Crippen molar-refractivity contribution in [3.8, 4) is 0 Å². The first-order valence-electron chi connectivity index (χ1n) is 5.80. The summed E-state index contributed by atoms with van der Waals surface area (Å²) in [5.41, 5.74) is 2.45. The molecule has 88 valence electrons. The molecule has 0 bridgehead atoms. The molecule has 0 atom stereocenters. The highest BCUT2D eigenvalue weighted by Crippen LogP contribution is 2.11. The summed E-state index contributed by atoms with van der Waals surface area (Å²) >= 11 is 0. The molecule has 0 aliphatic rings. The lowest BCUT2D eigenvalue weighted by molar-refractivity contribution is 1.02. The predicted molar refractivity (Wildman–Crippen MR) is 72.4 cm³/mol. The Morgan fingerprint density at radius 3 is 2.71 bits per heavy atom. The molecular formula is C14H17N3. The highest BCUT2D eigenvalue weighted by molar-refractivity contribution is 5.51. The Balaban J connectivity index is 1.86. The molecular weight excluding hydrogens is 210 g/mol. The molecule has 0 unspecified atom stereocenters. The molecule has 1 heterocycles. The van der Waals surface area contributed by atoms with Crippen LogP contribution >= 0.6 is 0 Å². The fourth-order valence-electron chi connectivity index (χ4n) is 1.67. The van der Waals surface area contributed by atoms with Gasteiger partial charge < -0.3 is 10.6 Å². The minimum absolute atomic E-state index is 0.884. The Hall–Kier alpha value is -2.03. The maximum Gasteiger partial charge on any atom is 0.127 e. The Bertz CT molecular complexity index is 454. The van der Waals surface area contributed by atoms with Crippen LogP contribution in [0.25, 0.3) is 0 Å². The van der Waals surface area contributed by atoms with E-state index in [1.807, 2.05) is 25.2 Å². The van der Waals surface area contributed by atoms with Crippen LogP contribution in [0.4, 0.5) is 11.5 Å². The van der Waals surface area contributed by atoms with Crippen molar-refractivity contribution in [1.29, 1.82) is 0 Å². The number of pyridine rings is 1. The van der Waals surface area contributed by atoms with Crippen LogP contribution in [0.3, 0.4) is 0 Å². The molecule has 1 aromatic carbocycles. The van der Waals surface area contributed by atoms with Crippen molar-refractivity contribution in [1.82, 2.24) is 4.98 Å². The quantitative estimate of drug-likeness (QED) is 0.824. The second-order valence-corrected chi connectivity index (χ2v) is 3.84. The molecule has 0 fully saturated rings. The van der Waals surface area contributed by atoms with E-state index in [4.69, 9.17) is 0 Å². The summed E-state index contributed by atoms with van der Waals surface area (Å²) in [6.07, 6.45) is 2.83. The lowest BCUT2D eigenvalue weighted by Crippen LogP contribution is -2.05. The molecule has 0 spiro atoms. The molecule has 2 N–H and O–H groups in total. The van der Waals surface area contributed by atoms with Crippen molar-refractivity contribution < 1.29 is 0 Å². The Labute approximate surface area is 102 Å². The van der Waals surface area contributed by atoms with Gasteiger partial charge in [0.15, 0.2) is 0 Å². The van der Waals surface area contributed by atoms with E-state index in [2.05, 4.69) is 39.9 Å². The van der Waals surface area contributed by atoms with Crippen molar-refractivity contribution in [2.24, 2.45) is 0 Å². The van der Waals surface area contributed by atoms with Gasteiger partial charge in [-0.05, 0) is 18.1 Å². The first-order valence-corrected chi connectivity index (χ1v) is 5.80. The maximum absolute atomic E-state index is 4.17. The maximum atomic E-state index is 4.17. The summed E-state index contributed by atoms with van der Waals surface area (Å²) in [5, 5.41) is 6.41. The van der Waals surface area contributed by atoms with Crippen LogP contribution in [0.15, 0.2) is 48.7 Å².